The van der Waals surface area contributed by atoms with E-state index in [9.17, 15) is 15.0 Å². The molecule has 0 bridgehead atoms. The summed E-state index contributed by atoms with van der Waals surface area (Å²) in [6, 6.07) is -0.657. The predicted octanol–water partition coefficient (Wildman–Crippen LogP) is 17.0. The molecule has 4 nitrogen and oxygen atoms in total. The fourth-order valence-electron chi connectivity index (χ4n) is 7.63. The van der Waals surface area contributed by atoms with Crippen molar-refractivity contribution in [3.8, 4) is 0 Å². The Morgan fingerprint density at radius 2 is 0.700 bits per heavy atom. The lowest BCUT2D eigenvalue weighted by atomic mass is 10.0. The summed E-state index contributed by atoms with van der Waals surface area (Å²) in [5.74, 6) is -0.0910. The molecule has 60 heavy (non-hydrogen) atoms. The quantitative estimate of drug-likeness (QED) is 0.0422. The molecule has 0 aromatic rings. The van der Waals surface area contributed by atoms with E-state index in [0.717, 1.165) is 64.2 Å². The van der Waals surface area contributed by atoms with Crippen LogP contribution in [-0.4, -0.2) is 34.9 Å². The van der Waals surface area contributed by atoms with Crippen molar-refractivity contribution in [1.29, 1.82) is 0 Å². The molecule has 0 rings (SSSR count). The summed E-state index contributed by atoms with van der Waals surface area (Å²) >= 11 is 0. The molecule has 0 heterocycles. The molecular weight excluding hydrogens is 735 g/mol. The Kier molecular flexibility index (Phi) is 49.3. The maximum Gasteiger partial charge on any atom is 0.220 e. The van der Waals surface area contributed by atoms with Crippen LogP contribution < -0.4 is 5.32 Å². The van der Waals surface area contributed by atoms with Gasteiger partial charge in [-0.3, -0.25) is 4.79 Å². The van der Waals surface area contributed by atoms with Gasteiger partial charge in [0, 0.05) is 6.42 Å². The van der Waals surface area contributed by atoms with Gasteiger partial charge in [0.25, 0.3) is 0 Å². The number of rotatable bonds is 47. The van der Waals surface area contributed by atoms with E-state index in [1.54, 1.807) is 6.08 Å². The van der Waals surface area contributed by atoms with E-state index < -0.39 is 12.1 Å². The van der Waals surface area contributed by atoms with Crippen LogP contribution in [0.15, 0.2) is 72.9 Å². The van der Waals surface area contributed by atoms with E-state index in [0.29, 0.717) is 6.42 Å². The minimum Gasteiger partial charge on any atom is -0.394 e. The Balaban J connectivity index is 3.63. The lowest BCUT2D eigenvalue weighted by Gasteiger charge is -2.19. The average Bonchev–Trinajstić information content (AvgIpc) is 3.25. The summed E-state index contributed by atoms with van der Waals surface area (Å²) in [4.78, 5) is 12.4. The third-order valence-corrected chi connectivity index (χ3v) is 11.6. The number of carbonyl (C=O) groups excluding carboxylic acids is 1. The summed E-state index contributed by atoms with van der Waals surface area (Å²) in [6.07, 6.45) is 73.3. The average molecular weight is 836 g/mol. The Labute approximate surface area is 374 Å². The van der Waals surface area contributed by atoms with Gasteiger partial charge < -0.3 is 15.5 Å². The van der Waals surface area contributed by atoms with Crippen molar-refractivity contribution in [2.45, 2.75) is 270 Å². The van der Waals surface area contributed by atoms with Crippen LogP contribution in [0.3, 0.4) is 0 Å². The van der Waals surface area contributed by atoms with Crippen molar-refractivity contribution < 1.29 is 15.0 Å². The van der Waals surface area contributed by atoms with E-state index in [1.807, 2.05) is 6.08 Å². The molecule has 0 aliphatic carbocycles. The number of aliphatic hydroxyl groups excluding tert-OH is 2. The van der Waals surface area contributed by atoms with Crippen molar-refractivity contribution in [3.05, 3.63) is 72.9 Å². The molecule has 0 aliphatic rings. The van der Waals surface area contributed by atoms with Crippen LogP contribution in [0.25, 0.3) is 0 Å². The first-order chi connectivity index (χ1) is 29.7. The number of unbranched alkanes of at least 4 members (excludes halogenated alkanes) is 30. The first-order valence-electron chi connectivity index (χ1n) is 26.2. The van der Waals surface area contributed by atoms with Crippen molar-refractivity contribution in [2.24, 2.45) is 0 Å². The fraction of sp³-hybridized carbons (Fsp3) is 0.768. The molecule has 0 radical (unpaired) electrons. The normalized spacial score (nSPS) is 13.5. The smallest absolute Gasteiger partial charge is 0.220 e. The molecule has 0 fully saturated rings. The number of nitrogens with one attached hydrogen (secondary N) is 1. The lowest BCUT2D eigenvalue weighted by molar-refractivity contribution is -0.123. The number of aliphatic hydroxyl groups is 2. The zero-order valence-electron chi connectivity index (χ0n) is 40.0. The molecule has 0 spiro atoms. The van der Waals surface area contributed by atoms with E-state index in [1.165, 1.54) is 173 Å². The second kappa shape index (κ2) is 51.2. The molecule has 0 aromatic heterocycles. The van der Waals surface area contributed by atoms with Gasteiger partial charge in [0.05, 0.1) is 18.8 Å². The number of hydrogen-bond acceptors (Lipinski definition) is 3. The van der Waals surface area contributed by atoms with Crippen molar-refractivity contribution >= 4 is 5.91 Å². The third kappa shape index (κ3) is 46.9. The fourth-order valence-corrected chi connectivity index (χ4v) is 7.63. The van der Waals surface area contributed by atoms with Crippen molar-refractivity contribution in [2.75, 3.05) is 6.61 Å². The van der Waals surface area contributed by atoms with E-state index in [-0.39, 0.29) is 12.5 Å². The molecule has 1 amide bonds. The molecule has 2 unspecified atom stereocenters. The topological polar surface area (TPSA) is 69.6 Å². The second-order valence-corrected chi connectivity index (χ2v) is 17.6. The molecule has 0 saturated heterocycles. The Morgan fingerprint density at radius 1 is 0.400 bits per heavy atom. The maximum atomic E-state index is 12.4. The minimum absolute atomic E-state index is 0.0910. The number of carbonyl (C=O) groups is 1. The van der Waals surface area contributed by atoms with Crippen LogP contribution in [-0.2, 0) is 4.79 Å². The molecule has 3 N–H and O–H groups in total. The lowest BCUT2D eigenvalue weighted by Crippen LogP contribution is -2.45. The maximum absolute atomic E-state index is 12.4. The molecule has 4 heteroatoms. The van der Waals surface area contributed by atoms with Crippen LogP contribution in [0.4, 0.5) is 0 Å². The van der Waals surface area contributed by atoms with Gasteiger partial charge >= 0.3 is 0 Å². The Morgan fingerprint density at radius 3 is 1.08 bits per heavy atom. The van der Waals surface area contributed by atoms with Gasteiger partial charge in [0.1, 0.15) is 0 Å². The van der Waals surface area contributed by atoms with E-state index in [2.05, 4.69) is 79.9 Å². The van der Waals surface area contributed by atoms with Crippen LogP contribution in [0.5, 0.6) is 0 Å². The van der Waals surface area contributed by atoms with Gasteiger partial charge in [0.15, 0.2) is 0 Å². The SMILES string of the molecule is CCCCCCC/C=C\C/C=C\C/C=C\CCCCCCCCC(=O)NC(CO)C(O)/C=C/CC/C=C/CC/C=C/CCCCCCCCCCCCCCCCCCC. The molecule has 348 valence electrons. The van der Waals surface area contributed by atoms with Gasteiger partial charge in [0.2, 0.25) is 5.91 Å². The third-order valence-electron chi connectivity index (χ3n) is 11.6. The molecular formula is C56H101NO3. The van der Waals surface area contributed by atoms with E-state index in [4.69, 9.17) is 0 Å². The molecule has 0 aromatic carbocycles. The number of hydrogen-bond donors (Lipinski definition) is 3. The van der Waals surface area contributed by atoms with Crippen LogP contribution in [0.2, 0.25) is 0 Å². The van der Waals surface area contributed by atoms with Gasteiger partial charge in [-0.2, -0.15) is 0 Å². The highest BCUT2D eigenvalue weighted by Crippen LogP contribution is 2.15. The first kappa shape index (κ1) is 57.8. The summed E-state index contributed by atoms with van der Waals surface area (Å²) in [6.45, 7) is 4.29. The highest BCUT2D eigenvalue weighted by atomic mass is 16.3. The largest absolute Gasteiger partial charge is 0.394 e. The molecule has 0 saturated carbocycles. The molecule has 0 aliphatic heterocycles. The standard InChI is InChI=1S/C56H101NO3/c1-3-5-7-9-11-13-15-17-19-21-23-25-26-27-28-29-30-32-33-35-37-39-41-43-45-47-49-51-55(59)54(53-58)57-56(60)52-50-48-46-44-42-40-38-36-34-31-24-22-20-18-16-14-12-10-8-6-4-2/h16,18,22,24,33-36,41,43,49,51,54-55,58-59H,3-15,17,19-21,23,25-32,37-40,42,44-48,50,52-53H2,1-2H3,(H,57,60)/b18-16-,24-22-,35-33+,36-34-,43-41+,51-49+. The summed E-state index contributed by atoms with van der Waals surface area (Å²) in [5, 5.41) is 23.1. The zero-order chi connectivity index (χ0) is 43.5. The van der Waals surface area contributed by atoms with E-state index >= 15 is 0 Å². The zero-order valence-corrected chi connectivity index (χ0v) is 40.0. The highest BCUT2D eigenvalue weighted by Gasteiger charge is 2.17. The van der Waals surface area contributed by atoms with Crippen molar-refractivity contribution in [3.63, 3.8) is 0 Å². The van der Waals surface area contributed by atoms with Gasteiger partial charge in [-0.15, -0.1) is 0 Å². The summed E-state index contributed by atoms with van der Waals surface area (Å²) < 4.78 is 0. The highest BCUT2D eigenvalue weighted by molar-refractivity contribution is 5.76. The number of amides is 1. The first-order valence-corrected chi connectivity index (χ1v) is 26.2. The Bertz CT molecular complexity index is 1040. The van der Waals surface area contributed by atoms with Gasteiger partial charge in [-0.25, -0.2) is 0 Å². The minimum atomic E-state index is -0.880. The predicted molar refractivity (Wildman–Crippen MR) is 267 cm³/mol. The summed E-state index contributed by atoms with van der Waals surface area (Å²) in [5.41, 5.74) is 0. The second-order valence-electron chi connectivity index (χ2n) is 17.6. The van der Waals surface area contributed by atoms with Crippen LogP contribution >= 0.6 is 0 Å². The summed E-state index contributed by atoms with van der Waals surface area (Å²) in [7, 11) is 0. The Hall–Kier alpha value is -2.17. The molecule has 2 atom stereocenters. The van der Waals surface area contributed by atoms with Gasteiger partial charge in [-0.05, 0) is 83.5 Å². The van der Waals surface area contributed by atoms with Gasteiger partial charge in [-0.1, -0.05) is 241 Å². The monoisotopic (exact) mass is 836 g/mol. The van der Waals surface area contributed by atoms with Crippen LogP contribution in [0, 0.1) is 0 Å². The number of allylic oxidation sites excluding steroid dienone is 11. The van der Waals surface area contributed by atoms with Crippen LogP contribution in [0.1, 0.15) is 258 Å². The van der Waals surface area contributed by atoms with Crippen molar-refractivity contribution in [1.82, 2.24) is 5.32 Å².